The highest BCUT2D eigenvalue weighted by Crippen LogP contribution is 2.39. The molecule has 2 aliphatic rings. The number of urea groups is 1. The Labute approximate surface area is 176 Å². The summed E-state index contributed by atoms with van der Waals surface area (Å²) in [5.74, 6) is 0. The Morgan fingerprint density at radius 3 is 2.79 bits per heavy atom. The van der Waals surface area contributed by atoms with E-state index in [9.17, 15) is 4.79 Å². The summed E-state index contributed by atoms with van der Waals surface area (Å²) in [6.45, 7) is 3.46. The first-order valence-corrected chi connectivity index (χ1v) is 11.1. The van der Waals surface area contributed by atoms with Gasteiger partial charge in [0.2, 0.25) is 0 Å². The van der Waals surface area contributed by atoms with Crippen molar-refractivity contribution in [3.05, 3.63) is 42.5 Å². The van der Waals surface area contributed by atoms with E-state index in [4.69, 9.17) is 9.72 Å². The van der Waals surface area contributed by atoms with Crippen molar-refractivity contribution in [1.82, 2.24) is 15.2 Å². The topological polar surface area (TPSA) is 66.5 Å². The van der Waals surface area contributed by atoms with E-state index >= 15 is 0 Å². The highest BCUT2D eigenvalue weighted by molar-refractivity contribution is 8.00. The fourth-order valence-corrected chi connectivity index (χ4v) is 4.50. The van der Waals surface area contributed by atoms with Gasteiger partial charge in [-0.25, -0.2) is 9.78 Å². The van der Waals surface area contributed by atoms with Crippen molar-refractivity contribution in [1.29, 1.82) is 0 Å². The number of carbonyl (C=O) groups is 1. The van der Waals surface area contributed by atoms with Gasteiger partial charge in [0, 0.05) is 43.6 Å². The van der Waals surface area contributed by atoms with E-state index in [1.54, 1.807) is 7.11 Å². The third kappa shape index (κ3) is 5.72. The fourth-order valence-electron chi connectivity index (χ4n) is 3.50. The van der Waals surface area contributed by atoms with Crippen LogP contribution in [0.15, 0.2) is 47.5 Å². The van der Waals surface area contributed by atoms with Gasteiger partial charge in [0.25, 0.3) is 0 Å². The summed E-state index contributed by atoms with van der Waals surface area (Å²) in [5, 5.41) is 7.84. The van der Waals surface area contributed by atoms with Gasteiger partial charge in [0.15, 0.2) is 0 Å². The molecule has 1 aromatic carbocycles. The van der Waals surface area contributed by atoms with Crippen LogP contribution >= 0.6 is 11.8 Å². The third-order valence-electron chi connectivity index (χ3n) is 5.20. The minimum Gasteiger partial charge on any atom is -0.383 e. The summed E-state index contributed by atoms with van der Waals surface area (Å²) in [6.07, 6.45) is 3.48. The Kier molecular flexibility index (Phi) is 6.69. The third-order valence-corrected chi connectivity index (χ3v) is 6.47. The number of nitrogens with zero attached hydrogens (tertiary/aromatic N) is 2. The maximum atomic E-state index is 12.6. The van der Waals surface area contributed by atoms with Crippen molar-refractivity contribution in [3.8, 4) is 11.3 Å². The SMILES string of the molecule is COCCN1CCC(NC(=O)Nc2ccc(SC3CC3)nc2-c2ccccc2)C1. The number of methoxy groups -OCH3 is 1. The van der Waals surface area contributed by atoms with Crippen LogP contribution in [0.2, 0.25) is 0 Å². The Bertz CT molecular complexity index is 829. The molecule has 2 fully saturated rings. The molecule has 2 amide bonds. The lowest BCUT2D eigenvalue weighted by atomic mass is 10.1. The van der Waals surface area contributed by atoms with Crippen LogP contribution in [0.3, 0.4) is 0 Å². The molecule has 1 aromatic heterocycles. The molecule has 1 unspecified atom stereocenters. The lowest BCUT2D eigenvalue weighted by Gasteiger charge is -2.17. The smallest absolute Gasteiger partial charge is 0.319 e. The number of aromatic nitrogens is 1. The van der Waals surface area contributed by atoms with Gasteiger partial charge in [-0.15, -0.1) is 11.8 Å². The lowest BCUT2D eigenvalue weighted by Crippen LogP contribution is -2.40. The van der Waals surface area contributed by atoms with Crippen molar-refractivity contribution < 1.29 is 9.53 Å². The summed E-state index contributed by atoms with van der Waals surface area (Å²) >= 11 is 1.82. The van der Waals surface area contributed by atoms with Gasteiger partial charge in [-0.3, -0.25) is 4.90 Å². The van der Waals surface area contributed by atoms with Crippen molar-refractivity contribution in [3.63, 3.8) is 0 Å². The van der Waals surface area contributed by atoms with E-state index in [2.05, 4.69) is 15.5 Å². The van der Waals surface area contributed by atoms with E-state index in [1.165, 1.54) is 12.8 Å². The molecule has 154 valence electrons. The van der Waals surface area contributed by atoms with Crippen molar-refractivity contribution in [2.45, 2.75) is 35.6 Å². The summed E-state index contributed by atoms with van der Waals surface area (Å²) in [5.41, 5.74) is 2.57. The van der Waals surface area contributed by atoms with Crippen molar-refractivity contribution in [2.75, 3.05) is 38.7 Å². The molecule has 1 aliphatic heterocycles. The van der Waals surface area contributed by atoms with Crippen LogP contribution in [0.4, 0.5) is 10.5 Å². The van der Waals surface area contributed by atoms with Crippen LogP contribution in [0.5, 0.6) is 0 Å². The van der Waals surface area contributed by atoms with Gasteiger partial charge >= 0.3 is 6.03 Å². The number of ether oxygens (including phenoxy) is 1. The summed E-state index contributed by atoms with van der Waals surface area (Å²) in [6, 6.07) is 14.0. The van der Waals surface area contributed by atoms with Gasteiger partial charge in [-0.2, -0.15) is 0 Å². The summed E-state index contributed by atoms with van der Waals surface area (Å²) < 4.78 is 5.14. The van der Waals surface area contributed by atoms with Gasteiger partial charge in [-0.05, 0) is 31.4 Å². The zero-order valence-electron chi connectivity index (χ0n) is 16.8. The monoisotopic (exact) mass is 412 g/mol. The molecule has 2 aromatic rings. The number of rotatable bonds is 8. The molecule has 2 heterocycles. The predicted molar refractivity (Wildman–Crippen MR) is 117 cm³/mol. The average Bonchev–Trinajstić information content (AvgIpc) is 3.44. The standard InChI is InChI=1S/C22H28N4O2S/c1-28-14-13-26-12-11-17(15-26)23-22(27)24-19-9-10-20(29-18-7-8-18)25-21(19)16-5-3-2-4-6-16/h2-6,9-10,17-18H,7-8,11-15H2,1H3,(H2,23,24,27). The van der Waals surface area contributed by atoms with E-state index in [0.29, 0.717) is 5.25 Å². The van der Waals surface area contributed by atoms with Crippen LogP contribution in [-0.4, -0.2) is 60.6 Å². The molecule has 7 heteroatoms. The van der Waals surface area contributed by atoms with Crippen LogP contribution in [0.1, 0.15) is 19.3 Å². The highest BCUT2D eigenvalue weighted by Gasteiger charge is 2.25. The van der Waals surface area contributed by atoms with Gasteiger partial charge in [0.1, 0.15) is 0 Å². The first-order chi connectivity index (χ1) is 14.2. The second kappa shape index (κ2) is 9.61. The number of likely N-dealkylation sites (tertiary alicyclic amines) is 1. The van der Waals surface area contributed by atoms with E-state index in [1.807, 2.05) is 54.2 Å². The van der Waals surface area contributed by atoms with Crippen LogP contribution in [0, 0.1) is 0 Å². The highest BCUT2D eigenvalue weighted by atomic mass is 32.2. The molecular weight excluding hydrogens is 384 g/mol. The molecule has 0 radical (unpaired) electrons. The molecule has 1 aliphatic carbocycles. The fraction of sp³-hybridized carbons (Fsp3) is 0.455. The summed E-state index contributed by atoms with van der Waals surface area (Å²) in [7, 11) is 1.71. The maximum Gasteiger partial charge on any atom is 0.319 e. The van der Waals surface area contributed by atoms with Crippen LogP contribution < -0.4 is 10.6 Å². The number of nitrogens with one attached hydrogen (secondary N) is 2. The largest absolute Gasteiger partial charge is 0.383 e. The number of thioether (sulfide) groups is 1. The average molecular weight is 413 g/mol. The van der Waals surface area contributed by atoms with Gasteiger partial charge in [0.05, 0.1) is 23.0 Å². The molecule has 29 heavy (non-hydrogen) atoms. The van der Waals surface area contributed by atoms with Crippen LogP contribution in [-0.2, 0) is 4.74 Å². The Hall–Kier alpha value is -2.09. The number of hydrogen-bond acceptors (Lipinski definition) is 5. The number of pyridine rings is 1. The normalized spacial score (nSPS) is 19.3. The zero-order chi connectivity index (χ0) is 20.1. The molecule has 2 N–H and O–H groups in total. The molecule has 0 spiro atoms. The maximum absolute atomic E-state index is 12.6. The Balaban J connectivity index is 1.42. The molecule has 1 atom stereocenters. The first-order valence-electron chi connectivity index (χ1n) is 10.2. The second-order valence-corrected chi connectivity index (χ2v) is 8.93. The molecule has 0 bridgehead atoms. The second-order valence-electron chi connectivity index (χ2n) is 7.61. The quantitative estimate of drug-likeness (QED) is 0.690. The summed E-state index contributed by atoms with van der Waals surface area (Å²) in [4.78, 5) is 19.8. The van der Waals surface area contributed by atoms with Crippen LogP contribution in [0.25, 0.3) is 11.3 Å². The molecular formula is C22H28N4O2S. The molecule has 6 nitrogen and oxygen atoms in total. The van der Waals surface area contributed by atoms with E-state index < -0.39 is 0 Å². The Morgan fingerprint density at radius 1 is 1.21 bits per heavy atom. The van der Waals surface area contributed by atoms with Gasteiger partial charge < -0.3 is 15.4 Å². The van der Waals surface area contributed by atoms with E-state index in [0.717, 1.165) is 54.6 Å². The molecule has 1 saturated heterocycles. The number of amides is 2. The number of hydrogen-bond donors (Lipinski definition) is 2. The molecule has 4 rings (SSSR count). The van der Waals surface area contributed by atoms with Crippen molar-refractivity contribution in [2.24, 2.45) is 0 Å². The number of benzene rings is 1. The van der Waals surface area contributed by atoms with Gasteiger partial charge in [-0.1, -0.05) is 30.3 Å². The number of anilines is 1. The minimum atomic E-state index is -0.176. The predicted octanol–water partition coefficient (Wildman–Crippen LogP) is 3.85. The zero-order valence-corrected chi connectivity index (χ0v) is 17.6. The molecule has 1 saturated carbocycles. The Morgan fingerprint density at radius 2 is 2.03 bits per heavy atom. The first kappa shape index (κ1) is 20.2. The number of carbonyl (C=O) groups excluding carboxylic acids is 1. The van der Waals surface area contributed by atoms with E-state index in [-0.39, 0.29) is 12.1 Å². The minimum absolute atomic E-state index is 0.157. The van der Waals surface area contributed by atoms with Crippen molar-refractivity contribution >= 4 is 23.5 Å². The lowest BCUT2D eigenvalue weighted by molar-refractivity contribution is 0.160.